The summed E-state index contributed by atoms with van der Waals surface area (Å²) >= 11 is 3.36. The van der Waals surface area contributed by atoms with Crippen molar-refractivity contribution in [3.63, 3.8) is 0 Å². The first-order valence-electron chi connectivity index (χ1n) is 2.60. The Balaban J connectivity index is 3.55. The lowest BCUT2D eigenvalue weighted by Gasteiger charge is -2.11. The molecule has 8 heavy (non-hydrogen) atoms. The molecular weight excluding hydrogens is 168 g/mol. The SMILES string of the molecule is CC(=O)CC(C)(C)Br. The molecule has 0 bridgehead atoms. The highest BCUT2D eigenvalue weighted by molar-refractivity contribution is 9.10. The van der Waals surface area contributed by atoms with Gasteiger partial charge in [0.05, 0.1) is 0 Å². The molecule has 48 valence electrons. The minimum Gasteiger partial charge on any atom is -0.300 e. The summed E-state index contributed by atoms with van der Waals surface area (Å²) in [7, 11) is 0. The average molecular weight is 179 g/mol. The Bertz CT molecular complexity index is 91.2. The molecule has 0 spiro atoms. The number of carbonyl (C=O) groups is 1. The highest BCUT2D eigenvalue weighted by atomic mass is 79.9. The lowest BCUT2D eigenvalue weighted by molar-refractivity contribution is -0.117. The van der Waals surface area contributed by atoms with Gasteiger partial charge in [-0.05, 0) is 20.8 Å². The van der Waals surface area contributed by atoms with Crippen molar-refractivity contribution >= 4 is 21.7 Å². The van der Waals surface area contributed by atoms with Crippen LogP contribution < -0.4 is 0 Å². The Morgan fingerprint density at radius 3 is 2.00 bits per heavy atom. The standard InChI is InChI=1S/C6H11BrO/c1-5(8)4-6(2,3)7/h4H2,1-3H3. The molecule has 0 amide bonds. The topological polar surface area (TPSA) is 17.1 Å². The van der Waals surface area contributed by atoms with Gasteiger partial charge in [0.2, 0.25) is 0 Å². The molecule has 0 unspecified atom stereocenters. The summed E-state index contributed by atoms with van der Waals surface area (Å²) in [5, 5.41) is 0. The zero-order valence-electron chi connectivity index (χ0n) is 5.49. The van der Waals surface area contributed by atoms with Crippen LogP contribution in [0.25, 0.3) is 0 Å². The third-order valence-corrected chi connectivity index (χ3v) is 0.950. The van der Waals surface area contributed by atoms with E-state index in [1.165, 1.54) is 0 Å². The number of ketones is 1. The first-order valence-corrected chi connectivity index (χ1v) is 3.39. The van der Waals surface area contributed by atoms with Gasteiger partial charge in [0, 0.05) is 10.7 Å². The Morgan fingerprint density at radius 1 is 1.62 bits per heavy atom. The molecule has 0 atom stereocenters. The fraction of sp³-hybridized carbons (Fsp3) is 0.833. The second kappa shape index (κ2) is 2.62. The van der Waals surface area contributed by atoms with Gasteiger partial charge in [-0.3, -0.25) is 4.79 Å². The molecule has 0 aromatic rings. The van der Waals surface area contributed by atoms with Crippen LogP contribution in [-0.4, -0.2) is 10.1 Å². The maximum absolute atomic E-state index is 10.4. The maximum Gasteiger partial charge on any atom is 0.131 e. The summed E-state index contributed by atoms with van der Waals surface area (Å²) in [5.74, 6) is 0.229. The van der Waals surface area contributed by atoms with E-state index >= 15 is 0 Å². The van der Waals surface area contributed by atoms with E-state index in [0.29, 0.717) is 6.42 Å². The number of hydrogen-bond acceptors (Lipinski definition) is 1. The summed E-state index contributed by atoms with van der Waals surface area (Å²) in [6.07, 6.45) is 0.604. The molecule has 0 saturated carbocycles. The van der Waals surface area contributed by atoms with Crippen molar-refractivity contribution in [3.05, 3.63) is 0 Å². The second-order valence-electron chi connectivity index (χ2n) is 2.60. The van der Waals surface area contributed by atoms with E-state index in [4.69, 9.17) is 0 Å². The second-order valence-corrected chi connectivity index (χ2v) is 4.74. The Kier molecular flexibility index (Phi) is 2.67. The highest BCUT2D eigenvalue weighted by Crippen LogP contribution is 2.19. The molecule has 0 saturated heterocycles. The van der Waals surface area contributed by atoms with Gasteiger partial charge in [0.15, 0.2) is 0 Å². The van der Waals surface area contributed by atoms with Crippen LogP contribution in [0.3, 0.4) is 0 Å². The molecule has 0 aromatic heterocycles. The fourth-order valence-electron chi connectivity index (χ4n) is 0.592. The average Bonchev–Trinajstić information content (AvgIpc) is 1.21. The van der Waals surface area contributed by atoms with Crippen molar-refractivity contribution in [1.29, 1.82) is 0 Å². The molecular formula is C6H11BrO. The van der Waals surface area contributed by atoms with E-state index in [2.05, 4.69) is 15.9 Å². The number of alkyl halides is 1. The largest absolute Gasteiger partial charge is 0.300 e. The van der Waals surface area contributed by atoms with Crippen molar-refractivity contribution in [3.8, 4) is 0 Å². The smallest absolute Gasteiger partial charge is 0.131 e. The minimum atomic E-state index is -0.0150. The molecule has 0 aromatic carbocycles. The normalized spacial score (nSPS) is 11.5. The zero-order valence-corrected chi connectivity index (χ0v) is 7.08. The molecule has 0 radical (unpaired) electrons. The number of Topliss-reactive ketones (excluding diaryl/α,β-unsaturated/α-hetero) is 1. The predicted octanol–water partition coefficient (Wildman–Crippen LogP) is 2.14. The zero-order chi connectivity index (χ0) is 6.78. The van der Waals surface area contributed by atoms with E-state index in [1.54, 1.807) is 6.92 Å². The van der Waals surface area contributed by atoms with Crippen molar-refractivity contribution in [2.75, 3.05) is 0 Å². The van der Waals surface area contributed by atoms with E-state index in [9.17, 15) is 4.79 Å². The monoisotopic (exact) mass is 178 g/mol. The Labute approximate surface area is 58.6 Å². The Morgan fingerprint density at radius 2 is 2.00 bits per heavy atom. The van der Waals surface area contributed by atoms with Gasteiger partial charge in [-0.25, -0.2) is 0 Å². The van der Waals surface area contributed by atoms with Crippen molar-refractivity contribution in [1.82, 2.24) is 0 Å². The van der Waals surface area contributed by atoms with Gasteiger partial charge in [-0.2, -0.15) is 0 Å². The van der Waals surface area contributed by atoms with Crippen LogP contribution in [0.1, 0.15) is 27.2 Å². The molecule has 0 aliphatic carbocycles. The number of rotatable bonds is 2. The van der Waals surface area contributed by atoms with E-state index in [1.807, 2.05) is 13.8 Å². The lowest BCUT2D eigenvalue weighted by Crippen LogP contribution is -2.13. The van der Waals surface area contributed by atoms with E-state index in [-0.39, 0.29) is 10.1 Å². The van der Waals surface area contributed by atoms with Crippen LogP contribution in [0, 0.1) is 0 Å². The van der Waals surface area contributed by atoms with Crippen LogP contribution in [0.4, 0.5) is 0 Å². The molecule has 0 fully saturated rings. The number of halogens is 1. The number of hydrogen-bond donors (Lipinski definition) is 0. The van der Waals surface area contributed by atoms with Gasteiger partial charge in [0.25, 0.3) is 0 Å². The third kappa shape index (κ3) is 6.15. The highest BCUT2D eigenvalue weighted by Gasteiger charge is 2.13. The summed E-state index contributed by atoms with van der Waals surface area (Å²) in [4.78, 5) is 10.4. The van der Waals surface area contributed by atoms with Crippen LogP contribution in [0.2, 0.25) is 0 Å². The summed E-state index contributed by atoms with van der Waals surface area (Å²) in [6.45, 7) is 5.56. The maximum atomic E-state index is 10.4. The molecule has 0 aliphatic rings. The summed E-state index contributed by atoms with van der Waals surface area (Å²) in [5.41, 5.74) is 0. The van der Waals surface area contributed by atoms with Gasteiger partial charge in [-0.1, -0.05) is 15.9 Å². The third-order valence-electron chi connectivity index (χ3n) is 0.669. The molecule has 0 N–H and O–H groups in total. The van der Waals surface area contributed by atoms with Crippen LogP contribution >= 0.6 is 15.9 Å². The van der Waals surface area contributed by atoms with Crippen molar-refractivity contribution in [2.45, 2.75) is 31.5 Å². The molecule has 0 rings (SSSR count). The lowest BCUT2D eigenvalue weighted by atomic mass is 10.1. The van der Waals surface area contributed by atoms with Crippen LogP contribution in [-0.2, 0) is 4.79 Å². The van der Waals surface area contributed by atoms with Crippen molar-refractivity contribution in [2.24, 2.45) is 0 Å². The molecule has 0 heterocycles. The van der Waals surface area contributed by atoms with Crippen LogP contribution in [0.5, 0.6) is 0 Å². The summed E-state index contributed by atoms with van der Waals surface area (Å²) < 4.78 is -0.0150. The van der Waals surface area contributed by atoms with Gasteiger partial charge < -0.3 is 0 Å². The van der Waals surface area contributed by atoms with E-state index in [0.717, 1.165) is 0 Å². The van der Waals surface area contributed by atoms with Gasteiger partial charge in [-0.15, -0.1) is 0 Å². The predicted molar refractivity (Wildman–Crippen MR) is 38.3 cm³/mol. The van der Waals surface area contributed by atoms with E-state index < -0.39 is 0 Å². The fourth-order valence-corrected chi connectivity index (χ4v) is 0.987. The summed E-state index contributed by atoms with van der Waals surface area (Å²) in [6, 6.07) is 0. The van der Waals surface area contributed by atoms with Crippen molar-refractivity contribution < 1.29 is 4.79 Å². The quantitative estimate of drug-likeness (QED) is 0.593. The van der Waals surface area contributed by atoms with Crippen LogP contribution in [0.15, 0.2) is 0 Å². The first-order chi connectivity index (χ1) is 3.42. The minimum absolute atomic E-state index is 0.0150. The molecule has 0 aliphatic heterocycles. The Hall–Kier alpha value is 0.150. The molecule has 2 heteroatoms. The molecule has 1 nitrogen and oxygen atoms in total. The first kappa shape index (κ1) is 8.15. The van der Waals surface area contributed by atoms with Gasteiger partial charge >= 0.3 is 0 Å². The van der Waals surface area contributed by atoms with Gasteiger partial charge in [0.1, 0.15) is 5.78 Å². The number of carbonyl (C=O) groups excluding carboxylic acids is 1.